The molecule has 3 heteroatoms. The van der Waals surface area contributed by atoms with Gasteiger partial charge < -0.3 is 10.2 Å². The summed E-state index contributed by atoms with van der Waals surface area (Å²) < 4.78 is 0. The van der Waals surface area contributed by atoms with E-state index in [-0.39, 0.29) is 11.3 Å². The Balaban J connectivity index is 2.25. The Morgan fingerprint density at radius 2 is 1.82 bits per heavy atom. The fourth-order valence-electron chi connectivity index (χ4n) is 2.18. The van der Waals surface area contributed by atoms with E-state index in [0.29, 0.717) is 12.0 Å². The van der Waals surface area contributed by atoms with E-state index in [2.05, 4.69) is 24.1 Å². The summed E-state index contributed by atoms with van der Waals surface area (Å²) in [6.07, 6.45) is 2.42. The highest BCUT2D eigenvalue weighted by Crippen LogP contribution is 2.19. The van der Waals surface area contributed by atoms with Crippen LogP contribution >= 0.6 is 0 Å². The van der Waals surface area contributed by atoms with Crippen LogP contribution in [-0.4, -0.2) is 36.5 Å². The molecule has 17 heavy (non-hydrogen) atoms. The monoisotopic (exact) mass is 240 g/mol. The van der Waals surface area contributed by atoms with Crippen LogP contribution in [0.5, 0.6) is 0 Å². The zero-order valence-electron chi connectivity index (χ0n) is 12.0. The third-order valence-electron chi connectivity index (χ3n) is 3.61. The zero-order valence-corrected chi connectivity index (χ0v) is 12.0. The summed E-state index contributed by atoms with van der Waals surface area (Å²) in [6, 6.07) is 0.653. The largest absolute Gasteiger partial charge is 0.355 e. The summed E-state index contributed by atoms with van der Waals surface area (Å²) in [4.78, 5) is 14.3. The molecule has 0 aliphatic carbocycles. The highest BCUT2D eigenvalue weighted by molar-refractivity contribution is 5.81. The van der Waals surface area contributed by atoms with Crippen molar-refractivity contribution in [2.24, 2.45) is 11.3 Å². The fourth-order valence-corrected chi connectivity index (χ4v) is 2.18. The Hall–Kier alpha value is -0.570. The molecule has 0 saturated carbocycles. The average molecular weight is 240 g/mol. The standard InChI is InChI=1S/C14H28N2O/c1-11(2)16-8-6-12(7-9-16)10-15-13(17)14(3,4)5/h11-12H,6-10H2,1-5H3,(H,15,17). The van der Waals surface area contributed by atoms with E-state index in [1.54, 1.807) is 0 Å². The average Bonchev–Trinajstić information content (AvgIpc) is 2.25. The molecule has 0 spiro atoms. The Morgan fingerprint density at radius 1 is 1.29 bits per heavy atom. The maximum absolute atomic E-state index is 11.8. The first-order valence-corrected chi connectivity index (χ1v) is 6.83. The summed E-state index contributed by atoms with van der Waals surface area (Å²) in [6.45, 7) is 13.6. The van der Waals surface area contributed by atoms with Crippen molar-refractivity contribution in [3.63, 3.8) is 0 Å². The third kappa shape index (κ3) is 4.66. The minimum atomic E-state index is -0.265. The maximum Gasteiger partial charge on any atom is 0.225 e. The van der Waals surface area contributed by atoms with Crippen molar-refractivity contribution in [1.82, 2.24) is 10.2 Å². The lowest BCUT2D eigenvalue weighted by molar-refractivity contribution is -0.128. The number of likely N-dealkylation sites (tertiary alicyclic amines) is 1. The van der Waals surface area contributed by atoms with Gasteiger partial charge in [0.2, 0.25) is 5.91 Å². The van der Waals surface area contributed by atoms with Gasteiger partial charge in [-0.3, -0.25) is 4.79 Å². The van der Waals surface area contributed by atoms with Crippen LogP contribution in [0, 0.1) is 11.3 Å². The predicted molar refractivity (Wildman–Crippen MR) is 71.9 cm³/mol. The first-order valence-electron chi connectivity index (χ1n) is 6.83. The Kier molecular flexibility index (Phi) is 4.99. The van der Waals surface area contributed by atoms with Crippen LogP contribution < -0.4 is 5.32 Å². The smallest absolute Gasteiger partial charge is 0.225 e. The van der Waals surface area contributed by atoms with Crippen molar-refractivity contribution in [1.29, 1.82) is 0 Å². The summed E-state index contributed by atoms with van der Waals surface area (Å²) >= 11 is 0. The van der Waals surface area contributed by atoms with Crippen LogP contribution in [0.15, 0.2) is 0 Å². The highest BCUT2D eigenvalue weighted by atomic mass is 16.2. The van der Waals surface area contributed by atoms with Crippen molar-refractivity contribution in [2.45, 2.75) is 53.5 Å². The lowest BCUT2D eigenvalue weighted by Crippen LogP contribution is -2.43. The quantitative estimate of drug-likeness (QED) is 0.821. The van der Waals surface area contributed by atoms with E-state index < -0.39 is 0 Å². The van der Waals surface area contributed by atoms with Gasteiger partial charge in [-0.25, -0.2) is 0 Å². The number of carbonyl (C=O) groups excluding carboxylic acids is 1. The van der Waals surface area contributed by atoms with Crippen LogP contribution in [-0.2, 0) is 4.79 Å². The van der Waals surface area contributed by atoms with Crippen LogP contribution in [0.4, 0.5) is 0 Å². The molecule has 0 aromatic heterocycles. The number of hydrogen-bond acceptors (Lipinski definition) is 2. The second-order valence-corrected chi connectivity index (χ2v) is 6.53. The van der Waals surface area contributed by atoms with Crippen LogP contribution in [0.2, 0.25) is 0 Å². The van der Waals surface area contributed by atoms with Gasteiger partial charge in [-0.1, -0.05) is 20.8 Å². The second kappa shape index (κ2) is 5.85. The molecule has 1 N–H and O–H groups in total. The van der Waals surface area contributed by atoms with E-state index in [4.69, 9.17) is 0 Å². The Labute approximate surface area is 106 Å². The van der Waals surface area contributed by atoms with E-state index >= 15 is 0 Å². The highest BCUT2D eigenvalue weighted by Gasteiger charge is 2.24. The summed E-state index contributed by atoms with van der Waals surface area (Å²) in [5.41, 5.74) is -0.265. The normalized spacial score (nSPS) is 19.6. The van der Waals surface area contributed by atoms with Gasteiger partial charge >= 0.3 is 0 Å². The molecular formula is C14H28N2O. The van der Waals surface area contributed by atoms with E-state index in [9.17, 15) is 4.79 Å². The molecule has 1 aliphatic rings. The molecule has 1 saturated heterocycles. The maximum atomic E-state index is 11.8. The van der Waals surface area contributed by atoms with Crippen molar-refractivity contribution in [3.8, 4) is 0 Å². The molecule has 0 aromatic carbocycles. The minimum Gasteiger partial charge on any atom is -0.355 e. The lowest BCUT2D eigenvalue weighted by atomic mass is 9.93. The molecule has 1 aliphatic heterocycles. The molecule has 1 heterocycles. The van der Waals surface area contributed by atoms with Crippen molar-refractivity contribution in [3.05, 3.63) is 0 Å². The first kappa shape index (κ1) is 14.5. The van der Waals surface area contributed by atoms with Crippen molar-refractivity contribution < 1.29 is 4.79 Å². The molecule has 0 bridgehead atoms. The van der Waals surface area contributed by atoms with E-state index in [0.717, 1.165) is 6.54 Å². The minimum absolute atomic E-state index is 0.170. The molecule has 1 fully saturated rings. The number of nitrogens with one attached hydrogen (secondary N) is 1. The van der Waals surface area contributed by atoms with Gasteiger partial charge in [0.05, 0.1) is 0 Å². The van der Waals surface area contributed by atoms with Crippen LogP contribution in [0.3, 0.4) is 0 Å². The van der Waals surface area contributed by atoms with E-state index in [1.807, 2.05) is 20.8 Å². The van der Waals surface area contributed by atoms with Gasteiger partial charge in [-0.2, -0.15) is 0 Å². The van der Waals surface area contributed by atoms with E-state index in [1.165, 1.54) is 25.9 Å². The number of carbonyl (C=O) groups is 1. The SMILES string of the molecule is CC(C)N1CCC(CNC(=O)C(C)(C)C)CC1. The molecule has 1 amide bonds. The molecule has 0 radical (unpaired) electrons. The molecule has 0 aromatic rings. The number of nitrogens with zero attached hydrogens (tertiary/aromatic N) is 1. The van der Waals surface area contributed by atoms with Gasteiger partial charge in [-0.15, -0.1) is 0 Å². The lowest BCUT2D eigenvalue weighted by Gasteiger charge is -2.35. The number of amides is 1. The number of hydrogen-bond donors (Lipinski definition) is 1. The molecule has 1 rings (SSSR count). The van der Waals surface area contributed by atoms with Gasteiger partial charge in [0.25, 0.3) is 0 Å². The molecule has 0 atom stereocenters. The zero-order chi connectivity index (χ0) is 13.1. The molecule has 100 valence electrons. The summed E-state index contributed by atoms with van der Waals surface area (Å²) in [5, 5.41) is 3.08. The van der Waals surface area contributed by atoms with Gasteiger partial charge in [0.15, 0.2) is 0 Å². The second-order valence-electron chi connectivity index (χ2n) is 6.53. The third-order valence-corrected chi connectivity index (χ3v) is 3.61. The topological polar surface area (TPSA) is 32.3 Å². The van der Waals surface area contributed by atoms with Gasteiger partial charge in [0.1, 0.15) is 0 Å². The van der Waals surface area contributed by atoms with Gasteiger partial charge in [0, 0.05) is 18.0 Å². The molecule has 0 unspecified atom stereocenters. The number of rotatable bonds is 3. The summed E-state index contributed by atoms with van der Waals surface area (Å²) in [5.74, 6) is 0.833. The molecular weight excluding hydrogens is 212 g/mol. The fraction of sp³-hybridized carbons (Fsp3) is 0.929. The van der Waals surface area contributed by atoms with Crippen LogP contribution in [0.1, 0.15) is 47.5 Å². The van der Waals surface area contributed by atoms with Crippen LogP contribution in [0.25, 0.3) is 0 Å². The van der Waals surface area contributed by atoms with Crippen molar-refractivity contribution in [2.75, 3.05) is 19.6 Å². The molecule has 3 nitrogen and oxygen atoms in total. The van der Waals surface area contributed by atoms with Crippen molar-refractivity contribution >= 4 is 5.91 Å². The predicted octanol–water partition coefficient (Wildman–Crippen LogP) is 2.27. The Morgan fingerprint density at radius 3 is 2.24 bits per heavy atom. The number of piperidine rings is 1. The Bertz CT molecular complexity index is 247. The first-order chi connectivity index (χ1) is 7.80. The van der Waals surface area contributed by atoms with Gasteiger partial charge in [-0.05, 0) is 45.7 Å². The summed E-state index contributed by atoms with van der Waals surface area (Å²) in [7, 11) is 0.